The van der Waals surface area contributed by atoms with Gasteiger partial charge in [0.15, 0.2) is 11.5 Å². The second kappa shape index (κ2) is 6.52. The summed E-state index contributed by atoms with van der Waals surface area (Å²) in [6, 6.07) is 6.01. The fourth-order valence-corrected chi connectivity index (χ4v) is 1.58. The molecule has 0 aliphatic carbocycles. The summed E-state index contributed by atoms with van der Waals surface area (Å²) in [6.07, 6.45) is 0. The van der Waals surface area contributed by atoms with Gasteiger partial charge in [0, 0.05) is 17.6 Å². The highest BCUT2D eigenvalue weighted by Crippen LogP contribution is 2.29. The van der Waals surface area contributed by atoms with E-state index in [9.17, 15) is 0 Å². The normalized spacial score (nSPS) is 12.0. The molecule has 0 saturated heterocycles. The predicted octanol–water partition coefficient (Wildman–Crippen LogP) is 3.11. The second-order valence-corrected chi connectivity index (χ2v) is 4.27. The Kier molecular flexibility index (Phi) is 5.32. The molecule has 17 heavy (non-hydrogen) atoms. The minimum atomic E-state index is 0.172. The lowest BCUT2D eigenvalue weighted by atomic mass is 10.1. The van der Waals surface area contributed by atoms with Gasteiger partial charge >= 0.3 is 0 Å². The largest absolute Gasteiger partial charge is 0.493 e. The second-order valence-electron chi connectivity index (χ2n) is 3.73. The first-order chi connectivity index (χ1) is 8.08. The third kappa shape index (κ3) is 3.95. The lowest BCUT2D eigenvalue weighted by Gasteiger charge is -2.16. The molecule has 0 spiro atoms. The summed E-state index contributed by atoms with van der Waals surface area (Å²) in [5, 5.41) is 3.85. The molecule has 1 rings (SSSR count). The van der Waals surface area contributed by atoms with Crippen molar-refractivity contribution in [2.75, 3.05) is 20.8 Å². The van der Waals surface area contributed by atoms with Crippen molar-refractivity contribution >= 4 is 11.6 Å². The van der Waals surface area contributed by atoms with Crippen LogP contribution in [0.4, 0.5) is 0 Å². The topological polar surface area (TPSA) is 30.5 Å². The van der Waals surface area contributed by atoms with Crippen molar-refractivity contribution in [3.05, 3.63) is 35.4 Å². The van der Waals surface area contributed by atoms with E-state index in [1.54, 1.807) is 14.2 Å². The number of benzene rings is 1. The van der Waals surface area contributed by atoms with E-state index >= 15 is 0 Å². The predicted molar refractivity (Wildman–Crippen MR) is 71.0 cm³/mol. The Morgan fingerprint density at radius 3 is 2.53 bits per heavy atom. The van der Waals surface area contributed by atoms with Crippen LogP contribution in [0.1, 0.15) is 18.5 Å². The molecular formula is C13H18ClNO2. The van der Waals surface area contributed by atoms with Gasteiger partial charge in [-0.25, -0.2) is 0 Å². The van der Waals surface area contributed by atoms with Gasteiger partial charge in [-0.1, -0.05) is 24.2 Å². The molecule has 0 fully saturated rings. The maximum absolute atomic E-state index is 5.71. The first-order valence-corrected chi connectivity index (χ1v) is 5.75. The van der Waals surface area contributed by atoms with Crippen molar-refractivity contribution in [2.24, 2.45) is 0 Å². The SMILES string of the molecule is C=C(Cl)CNC(C)c1ccc(OC)c(OC)c1. The van der Waals surface area contributed by atoms with Crippen molar-refractivity contribution in [3.8, 4) is 11.5 Å². The number of rotatable bonds is 6. The molecule has 4 heteroatoms. The summed E-state index contributed by atoms with van der Waals surface area (Å²) in [4.78, 5) is 0. The molecule has 0 radical (unpaired) electrons. The van der Waals surface area contributed by atoms with Crippen LogP contribution in [-0.2, 0) is 0 Å². The van der Waals surface area contributed by atoms with Gasteiger partial charge in [-0.3, -0.25) is 0 Å². The molecule has 0 aliphatic heterocycles. The van der Waals surface area contributed by atoms with Gasteiger partial charge in [-0.15, -0.1) is 0 Å². The Morgan fingerprint density at radius 1 is 1.35 bits per heavy atom. The van der Waals surface area contributed by atoms with Crippen LogP contribution < -0.4 is 14.8 Å². The molecule has 94 valence electrons. The average Bonchev–Trinajstić information content (AvgIpc) is 2.34. The molecule has 1 unspecified atom stereocenters. The van der Waals surface area contributed by atoms with Crippen LogP contribution in [0.25, 0.3) is 0 Å². The number of hydrogen-bond donors (Lipinski definition) is 1. The van der Waals surface area contributed by atoms with Crippen LogP contribution in [0.3, 0.4) is 0 Å². The molecule has 3 nitrogen and oxygen atoms in total. The van der Waals surface area contributed by atoms with Gasteiger partial charge in [-0.05, 0) is 24.6 Å². The average molecular weight is 256 g/mol. The molecule has 0 bridgehead atoms. The summed E-state index contributed by atoms with van der Waals surface area (Å²) in [5.74, 6) is 1.45. The van der Waals surface area contributed by atoms with E-state index in [2.05, 4.69) is 18.8 Å². The van der Waals surface area contributed by atoms with Gasteiger partial charge in [-0.2, -0.15) is 0 Å². The molecule has 0 amide bonds. The van der Waals surface area contributed by atoms with E-state index in [-0.39, 0.29) is 6.04 Å². The minimum Gasteiger partial charge on any atom is -0.493 e. The monoisotopic (exact) mass is 255 g/mol. The molecule has 1 aromatic carbocycles. The third-order valence-electron chi connectivity index (χ3n) is 2.51. The van der Waals surface area contributed by atoms with E-state index in [0.717, 1.165) is 17.1 Å². The maximum atomic E-state index is 5.71. The van der Waals surface area contributed by atoms with E-state index in [1.807, 2.05) is 18.2 Å². The molecule has 1 aromatic rings. The van der Waals surface area contributed by atoms with Gasteiger partial charge in [0.1, 0.15) is 0 Å². The summed E-state index contributed by atoms with van der Waals surface area (Å²) in [6.45, 7) is 6.28. The van der Waals surface area contributed by atoms with Crippen molar-refractivity contribution < 1.29 is 9.47 Å². The van der Waals surface area contributed by atoms with Crippen LogP contribution >= 0.6 is 11.6 Å². The highest BCUT2D eigenvalue weighted by molar-refractivity contribution is 6.29. The zero-order chi connectivity index (χ0) is 12.8. The maximum Gasteiger partial charge on any atom is 0.161 e. The Balaban J connectivity index is 2.80. The van der Waals surface area contributed by atoms with Crippen molar-refractivity contribution in [2.45, 2.75) is 13.0 Å². The zero-order valence-corrected chi connectivity index (χ0v) is 11.2. The van der Waals surface area contributed by atoms with E-state index < -0.39 is 0 Å². The first kappa shape index (κ1) is 13.9. The van der Waals surface area contributed by atoms with Gasteiger partial charge < -0.3 is 14.8 Å². The highest BCUT2D eigenvalue weighted by Gasteiger charge is 2.09. The lowest BCUT2D eigenvalue weighted by Crippen LogP contribution is -2.19. The zero-order valence-electron chi connectivity index (χ0n) is 10.4. The van der Waals surface area contributed by atoms with Crippen molar-refractivity contribution in [1.82, 2.24) is 5.32 Å². The quantitative estimate of drug-likeness (QED) is 0.847. The standard InChI is InChI=1S/C13H18ClNO2/c1-9(14)8-15-10(2)11-5-6-12(16-3)13(7-11)17-4/h5-7,10,15H,1,8H2,2-4H3. The number of hydrogen-bond acceptors (Lipinski definition) is 3. The molecule has 0 aromatic heterocycles. The van der Waals surface area contributed by atoms with Crippen molar-refractivity contribution in [3.63, 3.8) is 0 Å². The molecule has 0 saturated carbocycles. The summed E-state index contributed by atoms with van der Waals surface area (Å²) in [5.41, 5.74) is 1.11. The number of halogens is 1. The number of methoxy groups -OCH3 is 2. The molecular weight excluding hydrogens is 238 g/mol. The van der Waals surface area contributed by atoms with Gasteiger partial charge in [0.2, 0.25) is 0 Å². The van der Waals surface area contributed by atoms with E-state index in [1.165, 1.54) is 0 Å². The minimum absolute atomic E-state index is 0.172. The van der Waals surface area contributed by atoms with E-state index in [4.69, 9.17) is 21.1 Å². The van der Waals surface area contributed by atoms with Crippen LogP contribution in [-0.4, -0.2) is 20.8 Å². The Hall–Kier alpha value is -1.19. The van der Waals surface area contributed by atoms with Gasteiger partial charge in [0.05, 0.1) is 14.2 Å². The highest BCUT2D eigenvalue weighted by atomic mass is 35.5. The lowest BCUT2D eigenvalue weighted by molar-refractivity contribution is 0.354. The van der Waals surface area contributed by atoms with Crippen LogP contribution in [0.15, 0.2) is 29.8 Å². The molecule has 0 heterocycles. The van der Waals surface area contributed by atoms with Crippen LogP contribution in [0.5, 0.6) is 11.5 Å². The fourth-order valence-electron chi connectivity index (χ4n) is 1.50. The Morgan fingerprint density at radius 2 is 2.00 bits per heavy atom. The Bertz CT molecular complexity index is 393. The van der Waals surface area contributed by atoms with Crippen molar-refractivity contribution in [1.29, 1.82) is 0 Å². The smallest absolute Gasteiger partial charge is 0.161 e. The van der Waals surface area contributed by atoms with Gasteiger partial charge in [0.25, 0.3) is 0 Å². The van der Waals surface area contributed by atoms with E-state index in [0.29, 0.717) is 11.6 Å². The third-order valence-corrected chi connectivity index (χ3v) is 2.64. The Labute approximate surface area is 107 Å². The van der Waals surface area contributed by atoms with Crippen LogP contribution in [0, 0.1) is 0 Å². The molecule has 0 aliphatic rings. The fraction of sp³-hybridized carbons (Fsp3) is 0.385. The summed E-state index contributed by atoms with van der Waals surface area (Å²) >= 11 is 5.71. The van der Waals surface area contributed by atoms with Crippen LogP contribution in [0.2, 0.25) is 0 Å². The first-order valence-electron chi connectivity index (χ1n) is 5.37. The summed E-state index contributed by atoms with van der Waals surface area (Å²) in [7, 11) is 3.25. The molecule has 1 N–H and O–H groups in total. The number of nitrogens with one attached hydrogen (secondary N) is 1. The summed E-state index contributed by atoms with van der Waals surface area (Å²) < 4.78 is 10.4. The number of ether oxygens (including phenoxy) is 2. The molecule has 1 atom stereocenters.